The molecule has 0 bridgehead atoms. The molecule has 17 heavy (non-hydrogen) atoms. The molecule has 3 rings (SSSR count). The molecule has 2 fully saturated rings. The highest BCUT2D eigenvalue weighted by molar-refractivity contribution is 5.54. The summed E-state index contributed by atoms with van der Waals surface area (Å²) >= 11 is 0. The summed E-state index contributed by atoms with van der Waals surface area (Å²) in [7, 11) is 0. The monoisotopic (exact) mass is 230 g/mol. The first-order valence-electron chi connectivity index (χ1n) is 6.89. The van der Waals surface area contributed by atoms with Crippen molar-refractivity contribution in [3.8, 4) is 0 Å². The van der Waals surface area contributed by atoms with E-state index in [4.69, 9.17) is 5.73 Å². The van der Waals surface area contributed by atoms with Crippen molar-refractivity contribution in [3.63, 3.8) is 0 Å². The van der Waals surface area contributed by atoms with E-state index in [9.17, 15) is 0 Å². The Morgan fingerprint density at radius 2 is 1.59 bits per heavy atom. The average molecular weight is 230 g/mol. The zero-order valence-corrected chi connectivity index (χ0v) is 10.4. The summed E-state index contributed by atoms with van der Waals surface area (Å²) in [5.41, 5.74) is 8.54. The van der Waals surface area contributed by atoms with Gasteiger partial charge in [-0.25, -0.2) is 0 Å². The predicted octanol–water partition coefficient (Wildman–Crippen LogP) is 2.77. The van der Waals surface area contributed by atoms with Crippen molar-refractivity contribution < 1.29 is 0 Å². The van der Waals surface area contributed by atoms with E-state index in [0.29, 0.717) is 6.54 Å². The lowest BCUT2D eigenvalue weighted by atomic mass is 10.1. The molecule has 2 aliphatic rings. The zero-order valence-electron chi connectivity index (χ0n) is 10.4. The van der Waals surface area contributed by atoms with Crippen molar-refractivity contribution in [2.24, 2.45) is 17.6 Å². The van der Waals surface area contributed by atoms with E-state index < -0.39 is 0 Å². The van der Waals surface area contributed by atoms with Crippen molar-refractivity contribution in [1.82, 2.24) is 0 Å². The standard InChI is InChI=1S/C15H22N2/c16-9-14-3-1-2-4-15(14)17(10-12-5-6-12)11-13-7-8-13/h1-4,12-13H,5-11,16H2. The number of hydrogen-bond acceptors (Lipinski definition) is 2. The first kappa shape index (κ1) is 11.1. The van der Waals surface area contributed by atoms with Crippen LogP contribution < -0.4 is 10.6 Å². The van der Waals surface area contributed by atoms with Gasteiger partial charge in [-0.3, -0.25) is 0 Å². The average Bonchev–Trinajstić information content (AvgIpc) is 3.23. The molecule has 0 atom stereocenters. The number of nitrogens with zero attached hydrogens (tertiary/aromatic N) is 1. The van der Waals surface area contributed by atoms with Crippen molar-refractivity contribution in [2.75, 3.05) is 18.0 Å². The van der Waals surface area contributed by atoms with Gasteiger partial charge in [-0.2, -0.15) is 0 Å². The molecule has 2 nitrogen and oxygen atoms in total. The molecule has 0 spiro atoms. The van der Waals surface area contributed by atoms with Gasteiger partial charge in [0.2, 0.25) is 0 Å². The third-order valence-electron chi connectivity index (χ3n) is 3.90. The number of rotatable bonds is 6. The third-order valence-corrected chi connectivity index (χ3v) is 3.90. The molecule has 0 aliphatic heterocycles. The minimum Gasteiger partial charge on any atom is -0.371 e. The fraction of sp³-hybridized carbons (Fsp3) is 0.600. The highest BCUT2D eigenvalue weighted by atomic mass is 15.1. The molecule has 0 aromatic heterocycles. The van der Waals surface area contributed by atoms with Crippen LogP contribution in [0, 0.1) is 11.8 Å². The van der Waals surface area contributed by atoms with Crippen LogP contribution in [0.1, 0.15) is 31.2 Å². The molecule has 0 radical (unpaired) electrons. The second-order valence-electron chi connectivity index (χ2n) is 5.62. The molecule has 1 aromatic rings. The van der Waals surface area contributed by atoms with E-state index in [1.54, 1.807) is 0 Å². The molecule has 2 N–H and O–H groups in total. The van der Waals surface area contributed by atoms with E-state index in [1.165, 1.54) is 50.0 Å². The molecule has 0 unspecified atom stereocenters. The van der Waals surface area contributed by atoms with Crippen LogP contribution >= 0.6 is 0 Å². The first-order chi connectivity index (χ1) is 8.36. The summed E-state index contributed by atoms with van der Waals surface area (Å²) < 4.78 is 0. The van der Waals surface area contributed by atoms with Gasteiger partial charge in [0.15, 0.2) is 0 Å². The van der Waals surface area contributed by atoms with Gasteiger partial charge in [-0.15, -0.1) is 0 Å². The number of para-hydroxylation sites is 1. The molecular weight excluding hydrogens is 208 g/mol. The maximum atomic E-state index is 5.85. The maximum Gasteiger partial charge on any atom is 0.0411 e. The predicted molar refractivity (Wildman–Crippen MR) is 72.0 cm³/mol. The Hall–Kier alpha value is -1.02. The summed E-state index contributed by atoms with van der Waals surface area (Å²) in [6.45, 7) is 3.14. The topological polar surface area (TPSA) is 29.3 Å². The smallest absolute Gasteiger partial charge is 0.0411 e. The van der Waals surface area contributed by atoms with Crippen LogP contribution in [0.4, 0.5) is 5.69 Å². The summed E-state index contributed by atoms with van der Waals surface area (Å²) in [5.74, 6) is 1.89. The van der Waals surface area contributed by atoms with Gasteiger partial charge < -0.3 is 10.6 Å². The largest absolute Gasteiger partial charge is 0.371 e. The summed E-state index contributed by atoms with van der Waals surface area (Å²) in [6.07, 6.45) is 5.69. The Morgan fingerprint density at radius 3 is 2.12 bits per heavy atom. The quantitative estimate of drug-likeness (QED) is 0.814. The highest BCUT2D eigenvalue weighted by Crippen LogP contribution is 2.36. The van der Waals surface area contributed by atoms with Crippen LogP contribution in [0.25, 0.3) is 0 Å². The molecule has 2 aliphatic carbocycles. The van der Waals surface area contributed by atoms with Crippen LogP contribution in [0.2, 0.25) is 0 Å². The van der Waals surface area contributed by atoms with Gasteiger partial charge in [-0.05, 0) is 49.1 Å². The lowest BCUT2D eigenvalue weighted by Crippen LogP contribution is -2.29. The first-order valence-corrected chi connectivity index (χ1v) is 6.89. The van der Waals surface area contributed by atoms with Crippen molar-refractivity contribution in [2.45, 2.75) is 32.2 Å². The number of hydrogen-bond donors (Lipinski definition) is 1. The van der Waals surface area contributed by atoms with Crippen LogP contribution in [0.15, 0.2) is 24.3 Å². The SMILES string of the molecule is NCc1ccccc1N(CC1CC1)CC1CC1. The van der Waals surface area contributed by atoms with Crippen molar-refractivity contribution in [3.05, 3.63) is 29.8 Å². The Labute approximate surface area is 104 Å². The zero-order chi connectivity index (χ0) is 11.7. The molecule has 0 heterocycles. The molecule has 0 amide bonds. The second-order valence-corrected chi connectivity index (χ2v) is 5.62. The summed E-state index contributed by atoms with van der Waals surface area (Å²) in [4.78, 5) is 2.59. The molecule has 0 saturated heterocycles. The number of anilines is 1. The number of nitrogens with two attached hydrogens (primary N) is 1. The molecule has 2 saturated carbocycles. The fourth-order valence-electron chi connectivity index (χ4n) is 2.49. The maximum absolute atomic E-state index is 5.85. The Morgan fingerprint density at radius 1 is 1.00 bits per heavy atom. The normalized spacial score (nSPS) is 19.4. The van der Waals surface area contributed by atoms with Crippen LogP contribution in [0.5, 0.6) is 0 Å². The van der Waals surface area contributed by atoms with E-state index in [2.05, 4.69) is 29.2 Å². The Bertz CT molecular complexity index is 366. The number of benzene rings is 1. The summed E-state index contributed by atoms with van der Waals surface area (Å²) in [6, 6.07) is 8.65. The fourth-order valence-corrected chi connectivity index (χ4v) is 2.49. The molecule has 2 heteroatoms. The minimum atomic E-state index is 0.655. The van der Waals surface area contributed by atoms with E-state index in [-0.39, 0.29) is 0 Å². The van der Waals surface area contributed by atoms with Crippen LogP contribution in [-0.4, -0.2) is 13.1 Å². The van der Waals surface area contributed by atoms with Gasteiger partial charge >= 0.3 is 0 Å². The summed E-state index contributed by atoms with van der Waals surface area (Å²) in [5, 5.41) is 0. The highest BCUT2D eigenvalue weighted by Gasteiger charge is 2.29. The van der Waals surface area contributed by atoms with Gasteiger partial charge in [0.1, 0.15) is 0 Å². The molecule has 92 valence electrons. The van der Waals surface area contributed by atoms with Crippen LogP contribution in [0.3, 0.4) is 0 Å². The second kappa shape index (κ2) is 4.69. The molecular formula is C15H22N2. The van der Waals surface area contributed by atoms with Crippen molar-refractivity contribution in [1.29, 1.82) is 0 Å². The van der Waals surface area contributed by atoms with Gasteiger partial charge in [0.05, 0.1) is 0 Å². The van der Waals surface area contributed by atoms with E-state index in [1.807, 2.05) is 0 Å². The Balaban J connectivity index is 1.78. The van der Waals surface area contributed by atoms with Gasteiger partial charge in [-0.1, -0.05) is 18.2 Å². The lowest BCUT2D eigenvalue weighted by molar-refractivity contribution is 0.676. The van der Waals surface area contributed by atoms with Gasteiger partial charge in [0.25, 0.3) is 0 Å². The lowest BCUT2D eigenvalue weighted by Gasteiger charge is -2.27. The van der Waals surface area contributed by atoms with Crippen LogP contribution in [-0.2, 0) is 6.54 Å². The minimum absolute atomic E-state index is 0.655. The Kier molecular flexibility index (Phi) is 3.06. The van der Waals surface area contributed by atoms with Gasteiger partial charge in [0, 0.05) is 25.3 Å². The molecule has 1 aromatic carbocycles. The van der Waals surface area contributed by atoms with E-state index in [0.717, 1.165) is 11.8 Å². The third kappa shape index (κ3) is 2.81. The van der Waals surface area contributed by atoms with Crippen molar-refractivity contribution >= 4 is 5.69 Å². The van der Waals surface area contributed by atoms with E-state index >= 15 is 0 Å².